The normalized spacial score (nSPS) is 14.0. The fourth-order valence-electron chi connectivity index (χ4n) is 2.41. The number of hydrogen-bond acceptors (Lipinski definition) is 4. The van der Waals surface area contributed by atoms with E-state index in [0.717, 1.165) is 30.9 Å². The highest BCUT2D eigenvalue weighted by molar-refractivity contribution is 5.46. The Labute approximate surface area is 140 Å². The first-order chi connectivity index (χ1) is 10.6. The Morgan fingerprint density at radius 2 is 1.78 bits per heavy atom. The molecule has 0 spiro atoms. The monoisotopic (exact) mass is 332 g/mol. The number of rotatable bonds is 3. The van der Waals surface area contributed by atoms with Crippen LogP contribution >= 0.6 is 0 Å². The Bertz CT molecular complexity index is 714. The van der Waals surface area contributed by atoms with E-state index in [-0.39, 0.29) is 18.1 Å². The molecule has 120 valence electrons. The van der Waals surface area contributed by atoms with Gasteiger partial charge in [0.05, 0.1) is 10.1 Å². The lowest BCUT2D eigenvalue weighted by atomic mass is 10.2. The minimum Gasteiger partial charge on any atom is -1.00 e. The van der Waals surface area contributed by atoms with Crippen LogP contribution in [0.25, 0.3) is 0 Å². The van der Waals surface area contributed by atoms with Crippen molar-refractivity contribution in [2.45, 2.75) is 13.3 Å². The number of aryl methyl sites for hydroxylation is 1. The van der Waals surface area contributed by atoms with E-state index in [1.807, 2.05) is 9.71 Å². The van der Waals surface area contributed by atoms with E-state index < -0.39 is 4.92 Å². The fraction of sp³-hybridized carbons (Fsp3) is 0.250. The van der Waals surface area contributed by atoms with Gasteiger partial charge in [-0.1, -0.05) is 17.7 Å². The smallest absolute Gasteiger partial charge is 0.269 e. The number of anilines is 1. The number of nitro groups is 1. The van der Waals surface area contributed by atoms with Crippen LogP contribution in [0.1, 0.15) is 12.0 Å². The highest BCUT2D eigenvalue weighted by atomic mass is 35.5. The van der Waals surface area contributed by atoms with Crippen molar-refractivity contribution >= 4 is 17.1 Å². The summed E-state index contributed by atoms with van der Waals surface area (Å²) >= 11 is 0. The minimum absolute atomic E-state index is 0. The molecule has 1 heterocycles. The number of hydrogen-bond donors (Lipinski definition) is 0. The van der Waals surface area contributed by atoms with Crippen molar-refractivity contribution in [3.05, 3.63) is 64.2 Å². The maximum atomic E-state index is 10.7. The predicted molar refractivity (Wildman–Crippen MR) is 83.5 cm³/mol. The molecule has 0 saturated carbocycles. The SMILES string of the molecule is Cc1ccc(N2CCC[N+](c3ccc([N+](=O)[O-])cc3)=N2)cc1.[Cl-]. The molecule has 2 aromatic carbocycles. The number of nitrogens with zero attached hydrogens (tertiary/aromatic N) is 4. The summed E-state index contributed by atoms with van der Waals surface area (Å²) < 4.78 is 1.88. The van der Waals surface area contributed by atoms with Crippen LogP contribution in [0, 0.1) is 17.0 Å². The quantitative estimate of drug-likeness (QED) is 0.475. The van der Waals surface area contributed by atoms with Gasteiger partial charge in [-0.15, -0.1) is 9.71 Å². The van der Waals surface area contributed by atoms with Crippen LogP contribution in [0.4, 0.5) is 17.1 Å². The first-order valence-electron chi connectivity index (χ1n) is 7.21. The molecule has 6 nitrogen and oxygen atoms in total. The van der Waals surface area contributed by atoms with Crippen molar-refractivity contribution in [2.24, 2.45) is 5.22 Å². The lowest BCUT2D eigenvalue weighted by Gasteiger charge is -2.17. The Balaban J connectivity index is 0.00000192. The van der Waals surface area contributed by atoms with Crippen LogP contribution < -0.4 is 17.4 Å². The average molecular weight is 333 g/mol. The summed E-state index contributed by atoms with van der Waals surface area (Å²) in [6.45, 7) is 3.73. The molecule has 7 heteroatoms. The number of nitro benzene ring substituents is 1. The molecule has 0 aromatic heterocycles. The summed E-state index contributed by atoms with van der Waals surface area (Å²) in [5.41, 5.74) is 3.23. The highest BCUT2D eigenvalue weighted by Gasteiger charge is 2.22. The van der Waals surface area contributed by atoms with E-state index in [1.165, 1.54) is 17.7 Å². The first kappa shape index (κ1) is 16.9. The van der Waals surface area contributed by atoms with E-state index in [1.54, 1.807) is 12.1 Å². The molecule has 1 aliphatic heterocycles. The number of benzene rings is 2. The van der Waals surface area contributed by atoms with Crippen LogP contribution in [0.3, 0.4) is 0 Å². The van der Waals surface area contributed by atoms with Crippen molar-refractivity contribution in [1.82, 2.24) is 0 Å². The summed E-state index contributed by atoms with van der Waals surface area (Å²) in [7, 11) is 0. The van der Waals surface area contributed by atoms with Gasteiger partial charge in [-0.2, -0.15) is 0 Å². The Hall–Kier alpha value is -2.47. The molecule has 3 rings (SSSR count). The topological polar surface area (TPSA) is 61.8 Å². The summed E-state index contributed by atoms with van der Waals surface area (Å²) in [5.74, 6) is 0. The molecule has 0 atom stereocenters. The summed E-state index contributed by atoms with van der Waals surface area (Å²) in [4.78, 5) is 10.3. The lowest BCUT2D eigenvalue weighted by Crippen LogP contribution is -3.00. The summed E-state index contributed by atoms with van der Waals surface area (Å²) in [5, 5.41) is 17.3. The van der Waals surface area contributed by atoms with Crippen molar-refractivity contribution in [1.29, 1.82) is 0 Å². The summed E-state index contributed by atoms with van der Waals surface area (Å²) in [6.07, 6.45) is 0.981. The molecule has 0 bridgehead atoms. The third-order valence-corrected chi connectivity index (χ3v) is 3.65. The zero-order valence-corrected chi connectivity index (χ0v) is 13.5. The van der Waals surface area contributed by atoms with Gasteiger partial charge in [0.25, 0.3) is 5.69 Å². The van der Waals surface area contributed by atoms with E-state index in [2.05, 4.69) is 36.4 Å². The Kier molecular flexibility index (Phi) is 5.28. The summed E-state index contributed by atoms with van der Waals surface area (Å²) in [6, 6.07) is 14.7. The van der Waals surface area contributed by atoms with E-state index in [9.17, 15) is 10.1 Å². The Morgan fingerprint density at radius 3 is 2.39 bits per heavy atom. The third-order valence-electron chi connectivity index (χ3n) is 3.65. The maximum absolute atomic E-state index is 10.7. The van der Waals surface area contributed by atoms with Gasteiger partial charge >= 0.3 is 0 Å². The second-order valence-electron chi connectivity index (χ2n) is 5.30. The molecular formula is C16H17ClN4O2. The average Bonchev–Trinajstić information content (AvgIpc) is 2.56. The molecular weight excluding hydrogens is 316 g/mol. The van der Waals surface area contributed by atoms with E-state index in [4.69, 9.17) is 0 Å². The molecule has 0 aliphatic carbocycles. The molecule has 0 fully saturated rings. The van der Waals surface area contributed by atoms with Crippen LogP contribution in [0.2, 0.25) is 0 Å². The molecule has 1 aliphatic rings. The second-order valence-corrected chi connectivity index (χ2v) is 5.30. The van der Waals surface area contributed by atoms with E-state index >= 15 is 0 Å². The molecule has 0 amide bonds. The van der Waals surface area contributed by atoms with Gasteiger partial charge in [-0.3, -0.25) is 10.1 Å². The van der Waals surface area contributed by atoms with E-state index in [0.29, 0.717) is 0 Å². The molecule has 0 radical (unpaired) electrons. The van der Waals surface area contributed by atoms with Crippen LogP contribution in [-0.2, 0) is 0 Å². The fourth-order valence-corrected chi connectivity index (χ4v) is 2.41. The van der Waals surface area contributed by atoms with Gasteiger partial charge in [0, 0.05) is 18.6 Å². The van der Waals surface area contributed by atoms with Crippen molar-refractivity contribution < 1.29 is 22.0 Å². The molecule has 2 aromatic rings. The van der Waals surface area contributed by atoms with Crippen LogP contribution in [-0.4, -0.2) is 22.7 Å². The molecule has 0 saturated heterocycles. The zero-order chi connectivity index (χ0) is 15.5. The largest absolute Gasteiger partial charge is 1.00 e. The zero-order valence-electron chi connectivity index (χ0n) is 12.7. The number of halogens is 1. The van der Waals surface area contributed by atoms with Crippen LogP contribution in [0.15, 0.2) is 53.8 Å². The van der Waals surface area contributed by atoms with Crippen molar-refractivity contribution in [3.63, 3.8) is 0 Å². The molecule has 23 heavy (non-hydrogen) atoms. The molecule has 0 N–H and O–H groups in total. The number of non-ortho nitro benzene ring substituents is 1. The predicted octanol–water partition coefficient (Wildman–Crippen LogP) is 0.829. The highest BCUT2D eigenvalue weighted by Crippen LogP contribution is 2.23. The third kappa shape index (κ3) is 3.84. The van der Waals surface area contributed by atoms with Gasteiger partial charge in [0.2, 0.25) is 0 Å². The van der Waals surface area contributed by atoms with Crippen molar-refractivity contribution in [2.75, 3.05) is 18.1 Å². The van der Waals surface area contributed by atoms with Crippen LogP contribution in [0.5, 0.6) is 0 Å². The lowest BCUT2D eigenvalue weighted by molar-refractivity contribution is -0.521. The minimum atomic E-state index is -0.393. The molecule has 0 unspecified atom stereocenters. The standard InChI is InChI=1S/C16H17N4O2.ClH/c1-13-3-5-14(6-4-13)18-11-2-12-19(17-18)15-7-9-16(10-8-15)20(21)22;/h3-10H,2,11-12H2,1H3;1H/q+1;/p-1. The van der Waals surface area contributed by atoms with Gasteiger partial charge in [-0.25, -0.2) is 0 Å². The van der Waals surface area contributed by atoms with Gasteiger partial charge < -0.3 is 12.4 Å². The van der Waals surface area contributed by atoms with Gasteiger partial charge in [-0.05, 0) is 31.2 Å². The van der Waals surface area contributed by atoms with Gasteiger partial charge in [0.15, 0.2) is 0 Å². The first-order valence-corrected chi connectivity index (χ1v) is 7.21. The maximum Gasteiger partial charge on any atom is 0.269 e. The second kappa shape index (κ2) is 7.19. The van der Waals surface area contributed by atoms with Crippen molar-refractivity contribution in [3.8, 4) is 0 Å². The van der Waals surface area contributed by atoms with Gasteiger partial charge in [0.1, 0.15) is 24.5 Å². The Morgan fingerprint density at radius 1 is 1.13 bits per heavy atom.